The Hall–Kier alpha value is -1.04. The Kier molecular flexibility index (Phi) is 3.08. The van der Waals surface area contributed by atoms with Crippen LogP contribution in [0, 0.1) is 0 Å². The quantitative estimate of drug-likeness (QED) is 0.926. The van der Waals surface area contributed by atoms with Crippen LogP contribution in [0.15, 0.2) is 18.2 Å². The molecule has 0 unspecified atom stereocenters. The van der Waals surface area contributed by atoms with Crippen LogP contribution in [0.4, 0.5) is 0 Å². The Morgan fingerprint density at radius 3 is 2.95 bits per heavy atom. The van der Waals surface area contributed by atoms with Gasteiger partial charge in [-0.25, -0.2) is 8.42 Å². The van der Waals surface area contributed by atoms with Crippen LogP contribution in [-0.2, 0) is 23.0 Å². The van der Waals surface area contributed by atoms with Crippen molar-refractivity contribution < 1.29 is 8.42 Å². The van der Waals surface area contributed by atoms with E-state index in [1.54, 1.807) is 11.2 Å². The molecular weight excluding hydrogens is 284 g/mol. The van der Waals surface area contributed by atoms with Gasteiger partial charge in [0.25, 0.3) is 0 Å². The van der Waals surface area contributed by atoms with Crippen molar-refractivity contribution in [3.05, 3.63) is 34.5 Å². The number of rotatable bonds is 2. The molecule has 0 saturated heterocycles. The Bertz CT molecular complexity index is 736. The van der Waals surface area contributed by atoms with E-state index in [0.717, 1.165) is 28.6 Å². The van der Waals surface area contributed by atoms with E-state index in [2.05, 4.69) is 4.98 Å². The zero-order chi connectivity index (χ0) is 13.6. The first-order valence-electron chi connectivity index (χ1n) is 6.28. The number of H-pyrrole nitrogens is 1. The van der Waals surface area contributed by atoms with Crippen LogP contribution in [0.1, 0.15) is 18.2 Å². The van der Waals surface area contributed by atoms with E-state index >= 15 is 0 Å². The number of sulfonamides is 1. The highest BCUT2D eigenvalue weighted by molar-refractivity contribution is 7.89. The van der Waals surface area contributed by atoms with Gasteiger partial charge in [0.05, 0.1) is 5.75 Å². The largest absolute Gasteiger partial charge is 0.358 e. The minimum absolute atomic E-state index is 0.144. The Balaban J connectivity index is 2.09. The molecule has 3 rings (SSSR count). The van der Waals surface area contributed by atoms with E-state index in [9.17, 15) is 8.42 Å². The van der Waals surface area contributed by atoms with E-state index in [0.29, 0.717) is 18.1 Å². The summed E-state index contributed by atoms with van der Waals surface area (Å²) in [6.45, 7) is 2.66. The number of aromatic amines is 1. The fraction of sp³-hybridized carbons (Fsp3) is 0.385. The van der Waals surface area contributed by atoms with Gasteiger partial charge in [-0.1, -0.05) is 11.6 Å². The van der Waals surface area contributed by atoms with E-state index in [4.69, 9.17) is 11.6 Å². The number of nitrogens with one attached hydrogen (secondary N) is 1. The van der Waals surface area contributed by atoms with Crippen LogP contribution in [-0.4, -0.2) is 30.0 Å². The van der Waals surface area contributed by atoms with Crippen molar-refractivity contribution in [3.8, 4) is 0 Å². The van der Waals surface area contributed by atoms with Gasteiger partial charge in [0.2, 0.25) is 10.0 Å². The lowest BCUT2D eigenvalue weighted by molar-refractivity contribution is 0.392. The first kappa shape index (κ1) is 13.0. The molecule has 19 heavy (non-hydrogen) atoms. The predicted molar refractivity (Wildman–Crippen MR) is 76.9 cm³/mol. The highest BCUT2D eigenvalue weighted by Crippen LogP contribution is 2.30. The van der Waals surface area contributed by atoms with Crippen LogP contribution in [0.5, 0.6) is 0 Å². The summed E-state index contributed by atoms with van der Waals surface area (Å²) in [4.78, 5) is 3.35. The molecule has 0 amide bonds. The number of hydrogen-bond acceptors (Lipinski definition) is 2. The van der Waals surface area contributed by atoms with Crippen molar-refractivity contribution in [2.24, 2.45) is 0 Å². The summed E-state index contributed by atoms with van der Waals surface area (Å²) >= 11 is 6.03. The molecule has 1 aromatic carbocycles. The molecule has 0 saturated carbocycles. The highest BCUT2D eigenvalue weighted by Gasteiger charge is 2.27. The molecule has 2 heterocycles. The molecule has 0 atom stereocenters. The standard InChI is InChI=1S/C13H15ClN2O2S/c1-2-19(17,18)16-6-5-13-11(8-16)10-7-9(14)3-4-12(10)15-13/h3-4,7,15H,2,5-6,8H2,1H3. The molecule has 1 aliphatic rings. The third-order valence-corrected chi connectivity index (χ3v) is 5.72. The maximum atomic E-state index is 12.0. The molecule has 0 spiro atoms. The lowest BCUT2D eigenvalue weighted by atomic mass is 10.1. The van der Waals surface area contributed by atoms with Crippen molar-refractivity contribution in [3.63, 3.8) is 0 Å². The van der Waals surface area contributed by atoms with Gasteiger partial charge in [-0.05, 0) is 30.7 Å². The first-order chi connectivity index (χ1) is 9.01. The lowest BCUT2D eigenvalue weighted by Gasteiger charge is -2.25. The van der Waals surface area contributed by atoms with Gasteiger partial charge >= 0.3 is 0 Å². The minimum Gasteiger partial charge on any atom is -0.358 e. The van der Waals surface area contributed by atoms with E-state index < -0.39 is 10.0 Å². The van der Waals surface area contributed by atoms with Gasteiger partial charge in [0.15, 0.2) is 0 Å². The summed E-state index contributed by atoms with van der Waals surface area (Å²) in [5, 5.41) is 1.70. The van der Waals surface area contributed by atoms with Gasteiger partial charge in [0.1, 0.15) is 0 Å². The Labute approximate surface area is 117 Å². The molecule has 0 bridgehead atoms. The summed E-state index contributed by atoms with van der Waals surface area (Å²) in [6.07, 6.45) is 0.723. The topological polar surface area (TPSA) is 53.2 Å². The normalized spacial score (nSPS) is 16.7. The molecule has 0 aliphatic carbocycles. The minimum atomic E-state index is -3.13. The summed E-state index contributed by atoms with van der Waals surface area (Å²) in [6, 6.07) is 5.68. The number of aromatic nitrogens is 1. The third-order valence-electron chi connectivity index (χ3n) is 3.66. The van der Waals surface area contributed by atoms with Gasteiger partial charge in [-0.15, -0.1) is 0 Å². The first-order valence-corrected chi connectivity index (χ1v) is 8.27. The van der Waals surface area contributed by atoms with Crippen LogP contribution in [0.25, 0.3) is 10.9 Å². The molecule has 1 aromatic heterocycles. The Morgan fingerprint density at radius 1 is 1.42 bits per heavy atom. The van der Waals surface area contributed by atoms with Crippen molar-refractivity contribution in [1.82, 2.24) is 9.29 Å². The molecule has 0 radical (unpaired) electrons. The molecule has 1 aliphatic heterocycles. The van der Waals surface area contributed by atoms with E-state index in [1.165, 1.54) is 0 Å². The molecule has 4 nitrogen and oxygen atoms in total. The van der Waals surface area contributed by atoms with Crippen LogP contribution >= 0.6 is 11.6 Å². The number of benzene rings is 1. The van der Waals surface area contributed by atoms with Crippen molar-refractivity contribution in [2.45, 2.75) is 19.9 Å². The summed E-state index contributed by atoms with van der Waals surface area (Å²) < 4.78 is 25.5. The average Bonchev–Trinajstić information content (AvgIpc) is 2.76. The molecule has 6 heteroatoms. The number of fused-ring (bicyclic) bond motifs is 3. The summed E-state index contributed by atoms with van der Waals surface area (Å²) in [5.41, 5.74) is 3.20. The molecule has 2 aromatic rings. The number of halogens is 1. The van der Waals surface area contributed by atoms with E-state index in [1.807, 2.05) is 18.2 Å². The zero-order valence-electron chi connectivity index (χ0n) is 10.6. The zero-order valence-corrected chi connectivity index (χ0v) is 12.2. The van der Waals surface area contributed by atoms with Crippen LogP contribution in [0.3, 0.4) is 0 Å². The average molecular weight is 299 g/mol. The van der Waals surface area contributed by atoms with Gasteiger partial charge in [-0.2, -0.15) is 4.31 Å². The third kappa shape index (κ3) is 2.16. The smallest absolute Gasteiger partial charge is 0.214 e. The van der Waals surface area contributed by atoms with Gasteiger partial charge < -0.3 is 4.98 Å². The fourth-order valence-electron chi connectivity index (χ4n) is 2.58. The summed E-state index contributed by atoms with van der Waals surface area (Å²) in [5.74, 6) is 0.144. The highest BCUT2D eigenvalue weighted by atomic mass is 35.5. The number of hydrogen-bond donors (Lipinski definition) is 1. The van der Waals surface area contributed by atoms with E-state index in [-0.39, 0.29) is 5.75 Å². The second kappa shape index (κ2) is 4.51. The SMILES string of the molecule is CCS(=O)(=O)N1CCc2[nH]c3ccc(Cl)cc3c2C1. The second-order valence-corrected chi connectivity index (χ2v) is 7.45. The van der Waals surface area contributed by atoms with Gasteiger partial charge in [0, 0.05) is 41.1 Å². The second-order valence-electron chi connectivity index (χ2n) is 4.76. The molecule has 102 valence electrons. The van der Waals surface area contributed by atoms with Gasteiger partial charge in [-0.3, -0.25) is 0 Å². The lowest BCUT2D eigenvalue weighted by Crippen LogP contribution is -2.36. The molecule has 1 N–H and O–H groups in total. The van der Waals surface area contributed by atoms with Crippen LogP contribution in [0.2, 0.25) is 5.02 Å². The van der Waals surface area contributed by atoms with Crippen LogP contribution < -0.4 is 0 Å². The Morgan fingerprint density at radius 2 is 2.21 bits per heavy atom. The monoisotopic (exact) mass is 298 g/mol. The predicted octanol–water partition coefficient (Wildman–Crippen LogP) is 2.53. The summed E-state index contributed by atoms with van der Waals surface area (Å²) in [7, 11) is -3.13. The maximum absolute atomic E-state index is 12.0. The van der Waals surface area contributed by atoms with Crippen molar-refractivity contribution >= 4 is 32.5 Å². The van der Waals surface area contributed by atoms with Crippen molar-refractivity contribution in [1.29, 1.82) is 0 Å². The molecule has 0 fully saturated rings. The number of nitrogens with zero attached hydrogens (tertiary/aromatic N) is 1. The maximum Gasteiger partial charge on any atom is 0.214 e. The van der Waals surface area contributed by atoms with Crippen molar-refractivity contribution in [2.75, 3.05) is 12.3 Å². The fourth-order valence-corrected chi connectivity index (χ4v) is 3.81. The molecular formula is C13H15ClN2O2S.